The second-order valence-electron chi connectivity index (χ2n) is 2.58. The molecule has 0 spiro atoms. The lowest BCUT2D eigenvalue weighted by molar-refractivity contribution is -0.385. The van der Waals surface area contributed by atoms with Gasteiger partial charge in [-0.15, -0.1) is 12.6 Å². The Labute approximate surface area is 92.4 Å². The van der Waals surface area contributed by atoms with Gasteiger partial charge in [0.2, 0.25) is 0 Å². The van der Waals surface area contributed by atoms with Gasteiger partial charge in [0.15, 0.2) is 0 Å². The molecule has 0 aromatic heterocycles. The molecule has 1 aromatic carbocycles. The van der Waals surface area contributed by atoms with Crippen molar-refractivity contribution in [3.05, 3.63) is 32.8 Å². The van der Waals surface area contributed by atoms with Crippen LogP contribution in [-0.2, 0) is 6.18 Å². The minimum atomic E-state index is -4.68. The number of rotatable bonds is 1. The molecule has 0 amide bonds. The molecule has 0 bridgehead atoms. The largest absolute Gasteiger partial charge is 0.418 e. The van der Waals surface area contributed by atoms with E-state index in [0.29, 0.717) is 12.1 Å². The molecule has 0 heterocycles. The van der Waals surface area contributed by atoms with Crippen molar-refractivity contribution >= 4 is 29.9 Å². The molecule has 1 aromatic rings. The molecule has 15 heavy (non-hydrogen) atoms. The standard InChI is InChI=1S/C7H3ClF3NO2S/c8-4-1-3(12(13)14)2-5(15)6(4)7(9,10)11/h1-2,15H. The maximum atomic E-state index is 12.3. The highest BCUT2D eigenvalue weighted by Crippen LogP contribution is 2.40. The van der Waals surface area contributed by atoms with E-state index in [1.807, 2.05) is 0 Å². The first-order valence-electron chi connectivity index (χ1n) is 3.47. The van der Waals surface area contributed by atoms with Gasteiger partial charge in [0, 0.05) is 17.0 Å². The minimum Gasteiger partial charge on any atom is -0.258 e. The Morgan fingerprint density at radius 2 is 1.93 bits per heavy atom. The summed E-state index contributed by atoms with van der Waals surface area (Å²) in [6.45, 7) is 0. The van der Waals surface area contributed by atoms with E-state index in [4.69, 9.17) is 11.6 Å². The summed E-state index contributed by atoms with van der Waals surface area (Å²) in [5, 5.41) is 9.56. The highest BCUT2D eigenvalue weighted by atomic mass is 35.5. The van der Waals surface area contributed by atoms with Crippen LogP contribution in [0.2, 0.25) is 5.02 Å². The Morgan fingerprint density at radius 1 is 1.40 bits per heavy atom. The fourth-order valence-electron chi connectivity index (χ4n) is 0.964. The van der Waals surface area contributed by atoms with E-state index in [0.717, 1.165) is 0 Å². The third-order valence-electron chi connectivity index (χ3n) is 1.55. The maximum Gasteiger partial charge on any atom is 0.418 e. The van der Waals surface area contributed by atoms with E-state index >= 15 is 0 Å². The number of nitro groups is 1. The van der Waals surface area contributed by atoms with Crippen molar-refractivity contribution in [2.24, 2.45) is 0 Å². The SMILES string of the molecule is O=[N+]([O-])c1cc(S)c(C(F)(F)F)c(Cl)c1. The van der Waals surface area contributed by atoms with Crippen molar-refractivity contribution in [3.8, 4) is 0 Å². The summed E-state index contributed by atoms with van der Waals surface area (Å²) in [5.74, 6) is 0. The van der Waals surface area contributed by atoms with Crippen molar-refractivity contribution in [1.82, 2.24) is 0 Å². The first kappa shape index (κ1) is 12.1. The van der Waals surface area contributed by atoms with E-state index in [1.54, 1.807) is 0 Å². The second-order valence-corrected chi connectivity index (χ2v) is 3.47. The summed E-state index contributed by atoms with van der Waals surface area (Å²) in [4.78, 5) is 8.89. The van der Waals surface area contributed by atoms with Gasteiger partial charge in [-0.1, -0.05) is 11.6 Å². The van der Waals surface area contributed by atoms with E-state index < -0.39 is 32.3 Å². The van der Waals surface area contributed by atoms with Gasteiger partial charge in [-0.2, -0.15) is 13.2 Å². The highest BCUT2D eigenvalue weighted by molar-refractivity contribution is 7.80. The number of halogens is 4. The monoisotopic (exact) mass is 257 g/mol. The Bertz CT molecular complexity index is 398. The number of nitrogens with zero attached hydrogens (tertiary/aromatic N) is 1. The topological polar surface area (TPSA) is 43.1 Å². The summed E-state index contributed by atoms with van der Waals surface area (Å²) in [6, 6.07) is 1.35. The highest BCUT2D eigenvalue weighted by Gasteiger charge is 2.36. The minimum absolute atomic E-state index is 0.530. The van der Waals surface area contributed by atoms with Crippen LogP contribution in [0.25, 0.3) is 0 Å². The Hall–Kier alpha value is -0.950. The van der Waals surface area contributed by atoms with Gasteiger partial charge in [0.25, 0.3) is 5.69 Å². The van der Waals surface area contributed by atoms with Gasteiger partial charge >= 0.3 is 6.18 Å². The van der Waals surface area contributed by atoms with Crippen LogP contribution in [0.4, 0.5) is 18.9 Å². The summed E-state index contributed by atoms with van der Waals surface area (Å²) in [6.07, 6.45) is -4.68. The van der Waals surface area contributed by atoms with Crippen molar-refractivity contribution in [2.45, 2.75) is 11.1 Å². The lowest BCUT2D eigenvalue weighted by atomic mass is 10.2. The Balaban J connectivity index is 3.41. The van der Waals surface area contributed by atoms with E-state index in [-0.39, 0.29) is 0 Å². The fourth-order valence-corrected chi connectivity index (χ4v) is 1.73. The molecule has 0 fully saturated rings. The average Bonchev–Trinajstić information content (AvgIpc) is 1.99. The molecule has 0 saturated heterocycles. The average molecular weight is 258 g/mol. The Morgan fingerprint density at radius 3 is 2.27 bits per heavy atom. The summed E-state index contributed by atoms with van der Waals surface area (Å²) in [7, 11) is 0. The van der Waals surface area contributed by atoms with Crippen LogP contribution in [0, 0.1) is 10.1 Å². The first-order chi connectivity index (χ1) is 6.73. The zero-order valence-electron chi connectivity index (χ0n) is 6.88. The second kappa shape index (κ2) is 3.90. The lowest BCUT2D eigenvalue weighted by Gasteiger charge is -2.10. The van der Waals surface area contributed by atoms with Gasteiger partial charge in [-0.05, 0) is 0 Å². The molecule has 3 nitrogen and oxygen atoms in total. The summed E-state index contributed by atoms with van der Waals surface area (Å²) < 4.78 is 37.0. The Kier molecular flexibility index (Phi) is 3.15. The molecule has 0 aliphatic carbocycles. The maximum absolute atomic E-state index is 12.3. The molecule has 8 heteroatoms. The van der Waals surface area contributed by atoms with Crippen molar-refractivity contribution < 1.29 is 18.1 Å². The molecule has 0 atom stereocenters. The third kappa shape index (κ3) is 2.54. The van der Waals surface area contributed by atoms with E-state index in [1.165, 1.54) is 0 Å². The van der Waals surface area contributed by atoms with Crippen molar-refractivity contribution in [1.29, 1.82) is 0 Å². The molecule has 1 rings (SSSR count). The van der Waals surface area contributed by atoms with Crippen LogP contribution >= 0.6 is 24.2 Å². The number of hydrogen-bond acceptors (Lipinski definition) is 3. The number of alkyl halides is 3. The van der Waals surface area contributed by atoms with Crippen molar-refractivity contribution in [2.75, 3.05) is 0 Å². The fraction of sp³-hybridized carbons (Fsp3) is 0.143. The van der Waals surface area contributed by atoms with Crippen LogP contribution in [0.5, 0.6) is 0 Å². The lowest BCUT2D eigenvalue weighted by Crippen LogP contribution is -2.07. The van der Waals surface area contributed by atoms with Gasteiger partial charge in [-0.3, -0.25) is 10.1 Å². The van der Waals surface area contributed by atoms with Gasteiger partial charge in [0.1, 0.15) is 0 Å². The molecule has 0 saturated carbocycles. The third-order valence-corrected chi connectivity index (χ3v) is 2.20. The number of benzene rings is 1. The summed E-state index contributed by atoms with van der Waals surface area (Å²) in [5.41, 5.74) is -1.70. The molecule has 0 radical (unpaired) electrons. The van der Waals surface area contributed by atoms with Crippen LogP contribution < -0.4 is 0 Å². The van der Waals surface area contributed by atoms with E-state index in [9.17, 15) is 23.3 Å². The van der Waals surface area contributed by atoms with Gasteiger partial charge < -0.3 is 0 Å². The normalized spacial score (nSPS) is 11.5. The van der Waals surface area contributed by atoms with Crippen molar-refractivity contribution in [3.63, 3.8) is 0 Å². The van der Waals surface area contributed by atoms with Gasteiger partial charge in [0.05, 0.1) is 15.5 Å². The number of thiol groups is 1. The molecule has 0 unspecified atom stereocenters. The zero-order chi connectivity index (χ0) is 11.8. The van der Waals surface area contributed by atoms with Crippen LogP contribution in [0.3, 0.4) is 0 Å². The molecule has 0 aliphatic rings. The molecular weight excluding hydrogens is 255 g/mol. The van der Waals surface area contributed by atoms with Crippen LogP contribution in [0.15, 0.2) is 17.0 Å². The summed E-state index contributed by atoms with van der Waals surface area (Å²) >= 11 is 8.81. The van der Waals surface area contributed by atoms with E-state index in [2.05, 4.69) is 12.6 Å². The molecule has 0 N–H and O–H groups in total. The smallest absolute Gasteiger partial charge is 0.258 e. The zero-order valence-corrected chi connectivity index (χ0v) is 8.53. The number of hydrogen-bond donors (Lipinski definition) is 1. The predicted molar refractivity (Wildman–Crippen MR) is 50.4 cm³/mol. The molecule has 0 aliphatic heterocycles. The number of nitro benzene ring substituents is 1. The molecular formula is C7H3ClF3NO2S. The predicted octanol–water partition coefficient (Wildman–Crippen LogP) is 3.56. The number of non-ortho nitro benzene ring substituents is 1. The van der Waals surface area contributed by atoms with Crippen LogP contribution in [-0.4, -0.2) is 4.92 Å². The van der Waals surface area contributed by atoms with Crippen LogP contribution in [0.1, 0.15) is 5.56 Å². The quantitative estimate of drug-likeness (QED) is 0.475. The molecule has 82 valence electrons. The first-order valence-corrected chi connectivity index (χ1v) is 4.30. The van der Waals surface area contributed by atoms with Gasteiger partial charge in [-0.25, -0.2) is 0 Å².